The van der Waals surface area contributed by atoms with Crippen molar-refractivity contribution in [2.24, 2.45) is 7.05 Å². The fraction of sp³-hybridized carbons (Fsp3) is 0.0909. The molecule has 126 valence electrons. The summed E-state index contributed by atoms with van der Waals surface area (Å²) in [5.41, 5.74) is 3.74. The molecule has 3 aromatic carbocycles. The first kappa shape index (κ1) is 14.9. The van der Waals surface area contributed by atoms with Crippen LogP contribution in [0.2, 0.25) is 0 Å². The Balaban J connectivity index is 2.21. The monoisotopic (exact) mass is 341 g/mol. The van der Waals surface area contributed by atoms with Crippen LogP contribution in [0.1, 0.15) is 6.92 Å². The van der Waals surface area contributed by atoms with Crippen molar-refractivity contribution in [1.29, 1.82) is 0 Å². The van der Waals surface area contributed by atoms with E-state index in [4.69, 9.17) is 4.42 Å². The molecule has 0 atom stereocenters. The van der Waals surface area contributed by atoms with Gasteiger partial charge in [0.1, 0.15) is 11.0 Å². The highest BCUT2D eigenvalue weighted by molar-refractivity contribution is 6.22. The number of aryl methyl sites for hydroxylation is 1. The van der Waals surface area contributed by atoms with Gasteiger partial charge in [-0.3, -0.25) is 0 Å². The third-order valence-electron chi connectivity index (χ3n) is 4.96. The first-order valence-electron chi connectivity index (χ1n) is 8.57. The van der Waals surface area contributed by atoms with Crippen molar-refractivity contribution in [3.05, 3.63) is 66.0 Å². The lowest BCUT2D eigenvalue weighted by Crippen LogP contribution is -2.79. The second-order valence-electron chi connectivity index (χ2n) is 6.57. The summed E-state index contributed by atoms with van der Waals surface area (Å²) in [5.74, 6) is -0.100. The molecule has 0 saturated heterocycles. The number of benzene rings is 3. The number of hydrogen-bond donors (Lipinski definition) is 1. The molecule has 0 bridgehead atoms. The summed E-state index contributed by atoms with van der Waals surface area (Å²) in [5, 5.41) is 4.98. The van der Waals surface area contributed by atoms with Gasteiger partial charge >= 0.3 is 5.91 Å². The van der Waals surface area contributed by atoms with Crippen molar-refractivity contribution >= 4 is 49.7 Å². The zero-order valence-corrected chi connectivity index (χ0v) is 14.5. The van der Waals surface area contributed by atoms with Crippen LogP contribution in [0.4, 0.5) is 0 Å². The number of carbonyl (C=O) groups excluding carboxylic acids is 1. The van der Waals surface area contributed by atoms with Crippen LogP contribution in [-0.2, 0) is 11.8 Å². The van der Waals surface area contributed by atoms with Gasteiger partial charge in [0, 0.05) is 23.9 Å². The van der Waals surface area contributed by atoms with Crippen molar-refractivity contribution in [3.63, 3.8) is 0 Å². The molecule has 1 amide bonds. The summed E-state index contributed by atoms with van der Waals surface area (Å²) in [6.45, 7) is 1.52. The van der Waals surface area contributed by atoms with E-state index >= 15 is 0 Å². The van der Waals surface area contributed by atoms with Crippen molar-refractivity contribution in [2.45, 2.75) is 6.92 Å². The van der Waals surface area contributed by atoms with Gasteiger partial charge in [0.25, 0.3) is 0 Å². The Hall–Kier alpha value is -3.40. The van der Waals surface area contributed by atoms with Crippen molar-refractivity contribution in [2.75, 3.05) is 0 Å². The maximum Gasteiger partial charge on any atom is 0.382 e. The van der Waals surface area contributed by atoms with Crippen LogP contribution in [0.3, 0.4) is 0 Å². The quantitative estimate of drug-likeness (QED) is 0.348. The van der Waals surface area contributed by atoms with Gasteiger partial charge in [-0.15, -0.1) is 0 Å². The molecule has 0 radical (unpaired) electrons. The molecule has 0 spiro atoms. The Morgan fingerprint density at radius 1 is 0.885 bits per heavy atom. The minimum absolute atomic E-state index is 0.100. The summed E-state index contributed by atoms with van der Waals surface area (Å²) in [7, 11) is 2.04. The molecule has 1 N–H and O–H groups in total. The van der Waals surface area contributed by atoms with Gasteiger partial charge in [0.05, 0.1) is 18.0 Å². The largest absolute Gasteiger partial charge is 0.455 e. The van der Waals surface area contributed by atoms with E-state index in [2.05, 4.69) is 33.8 Å². The average Bonchev–Trinajstić information content (AvgIpc) is 2.65. The topological polar surface area (TPSA) is 49.1 Å². The predicted molar refractivity (Wildman–Crippen MR) is 102 cm³/mol. The molecule has 26 heavy (non-hydrogen) atoms. The molecule has 0 aliphatic heterocycles. The maximum absolute atomic E-state index is 11.7. The predicted octanol–water partition coefficient (Wildman–Crippen LogP) is 2.76. The van der Waals surface area contributed by atoms with Gasteiger partial charge in [0.2, 0.25) is 5.36 Å². The fourth-order valence-electron chi connectivity index (χ4n) is 3.88. The van der Waals surface area contributed by atoms with Gasteiger partial charge in [-0.2, -0.15) is 4.99 Å². The number of fused-ring (bicyclic) bond motifs is 4. The van der Waals surface area contributed by atoms with E-state index in [1.165, 1.54) is 6.92 Å². The number of pyridine rings is 1. The smallest absolute Gasteiger partial charge is 0.382 e. The first-order valence-corrected chi connectivity index (χ1v) is 8.57. The Bertz CT molecular complexity index is 1420. The van der Waals surface area contributed by atoms with Gasteiger partial charge in [-0.05, 0) is 23.6 Å². The van der Waals surface area contributed by atoms with Gasteiger partial charge < -0.3 is 8.98 Å². The molecule has 0 aliphatic carbocycles. The molecule has 4 heteroatoms. The van der Waals surface area contributed by atoms with Crippen LogP contribution in [0.25, 0.3) is 43.7 Å². The van der Waals surface area contributed by atoms with E-state index < -0.39 is 0 Å². The first-order chi connectivity index (χ1) is 12.6. The van der Waals surface area contributed by atoms with Crippen molar-refractivity contribution in [3.8, 4) is 0 Å². The summed E-state index contributed by atoms with van der Waals surface area (Å²) in [6, 6.07) is 20.3. The van der Waals surface area contributed by atoms with E-state index in [0.717, 1.165) is 49.1 Å². The summed E-state index contributed by atoms with van der Waals surface area (Å²) >= 11 is 0. The molecule has 0 unspecified atom stereocenters. The van der Waals surface area contributed by atoms with Crippen LogP contribution >= 0.6 is 0 Å². The van der Waals surface area contributed by atoms with E-state index in [0.29, 0.717) is 0 Å². The molecular weight excluding hydrogens is 324 g/mol. The number of aromatic nitrogens is 1. The molecule has 0 fully saturated rings. The zero-order chi connectivity index (χ0) is 17.8. The number of nitrogens with one attached hydrogen (secondary N) is 1. The lowest BCUT2D eigenvalue weighted by Gasteiger charge is -2.15. The molecule has 0 saturated carbocycles. The Morgan fingerprint density at radius 2 is 1.58 bits per heavy atom. The van der Waals surface area contributed by atoms with E-state index in [9.17, 15) is 4.79 Å². The second kappa shape index (κ2) is 5.30. The minimum atomic E-state index is -0.100. The van der Waals surface area contributed by atoms with E-state index in [-0.39, 0.29) is 5.91 Å². The van der Waals surface area contributed by atoms with Crippen molar-refractivity contribution in [1.82, 2.24) is 4.57 Å². The summed E-state index contributed by atoms with van der Waals surface area (Å²) < 4.78 is 8.53. The third kappa shape index (κ3) is 1.96. The Morgan fingerprint density at radius 3 is 2.38 bits per heavy atom. The molecule has 0 aliphatic rings. The number of carbonyl (C=O) groups is 1. The van der Waals surface area contributed by atoms with Crippen LogP contribution in [-0.4, -0.2) is 10.5 Å². The number of rotatable bonds is 0. The lowest BCUT2D eigenvalue weighted by atomic mass is 10.0. The summed E-state index contributed by atoms with van der Waals surface area (Å²) in [6.07, 6.45) is 0. The Labute approximate surface area is 149 Å². The molecule has 5 aromatic rings. The molecular formula is C22H17N2O2+. The highest BCUT2D eigenvalue weighted by atomic mass is 16.3. The average molecular weight is 341 g/mol. The fourth-order valence-corrected chi connectivity index (χ4v) is 3.88. The van der Waals surface area contributed by atoms with E-state index in [1.807, 2.05) is 43.4 Å². The SMILES string of the molecule is CC(=O)[NH+]=c1cccc2c1c1oc3ccccc3c3cccc(c31)n2C. The summed E-state index contributed by atoms with van der Waals surface area (Å²) in [4.78, 5) is 14.7. The molecule has 5 rings (SSSR count). The molecule has 2 heterocycles. The van der Waals surface area contributed by atoms with Crippen molar-refractivity contribution < 1.29 is 14.2 Å². The highest BCUT2D eigenvalue weighted by Gasteiger charge is 2.17. The number of amides is 1. The Kier molecular flexibility index (Phi) is 3.04. The number of nitrogens with zero attached hydrogens (tertiary/aromatic N) is 1. The van der Waals surface area contributed by atoms with Gasteiger partial charge in [0.15, 0.2) is 5.58 Å². The normalized spacial score (nSPS) is 12.6. The highest BCUT2D eigenvalue weighted by Crippen LogP contribution is 2.36. The van der Waals surface area contributed by atoms with E-state index in [1.54, 1.807) is 0 Å². The van der Waals surface area contributed by atoms with Crippen LogP contribution in [0, 0.1) is 0 Å². The van der Waals surface area contributed by atoms with Crippen LogP contribution < -0.4 is 10.3 Å². The minimum Gasteiger partial charge on any atom is -0.455 e. The standard InChI is InChI=1S/C22H16N2O2/c1-13(25)23-16-9-6-11-18-21(16)22-20-15(8-5-10-17(20)24(18)2)14-7-3-4-12-19(14)26-22/h3-12H,1-2H3/p+1. The van der Waals surface area contributed by atoms with Crippen LogP contribution in [0.5, 0.6) is 0 Å². The number of hydrogen-bond acceptors (Lipinski definition) is 2. The number of para-hydroxylation sites is 1. The second-order valence-corrected chi connectivity index (χ2v) is 6.57. The maximum atomic E-state index is 11.7. The molecule has 4 nitrogen and oxygen atoms in total. The van der Waals surface area contributed by atoms with Crippen LogP contribution in [0.15, 0.2) is 65.1 Å². The van der Waals surface area contributed by atoms with Gasteiger partial charge in [-0.1, -0.05) is 36.4 Å². The lowest BCUT2D eigenvalue weighted by molar-refractivity contribution is -0.413. The third-order valence-corrected chi connectivity index (χ3v) is 4.96. The van der Waals surface area contributed by atoms with Gasteiger partial charge in [-0.25, -0.2) is 4.79 Å². The molecule has 2 aromatic heterocycles. The zero-order valence-electron chi connectivity index (χ0n) is 14.5.